The molecule has 0 rings (SSSR count). The van der Waals surface area contributed by atoms with Gasteiger partial charge in [0.2, 0.25) is 5.79 Å². The second-order valence-corrected chi connectivity index (χ2v) is 1.53. The number of nitrogens with two attached hydrogens (primary N) is 1. The quantitative estimate of drug-likeness (QED) is 0.389. The standard InChI is InChI=1S/C4H9NO3/c1-2-4(7,8)3(5)6/h7-8H,2H2,1H3,(H2,5,6). The van der Waals surface area contributed by atoms with E-state index in [-0.39, 0.29) is 6.42 Å². The number of hydrogen-bond donors (Lipinski definition) is 3. The number of rotatable bonds is 2. The lowest BCUT2D eigenvalue weighted by Crippen LogP contribution is -2.42. The number of carbonyl (C=O) groups is 1. The van der Waals surface area contributed by atoms with E-state index in [1.807, 2.05) is 0 Å². The minimum absolute atomic E-state index is 0.0810. The van der Waals surface area contributed by atoms with Crippen LogP contribution >= 0.6 is 0 Å². The number of amides is 1. The minimum Gasteiger partial charge on any atom is -0.365 e. The fourth-order valence-corrected chi connectivity index (χ4v) is 0.174. The molecule has 0 unspecified atom stereocenters. The highest BCUT2D eigenvalue weighted by Crippen LogP contribution is 2.01. The number of hydrogen-bond acceptors (Lipinski definition) is 3. The van der Waals surface area contributed by atoms with Crippen LogP contribution in [0.2, 0.25) is 0 Å². The maximum atomic E-state index is 9.97. The third kappa shape index (κ3) is 1.48. The molecule has 0 aromatic heterocycles. The Labute approximate surface area is 46.9 Å². The third-order valence-electron chi connectivity index (χ3n) is 0.888. The maximum Gasteiger partial charge on any atom is 0.277 e. The van der Waals surface area contributed by atoms with Crippen molar-refractivity contribution in [2.75, 3.05) is 0 Å². The van der Waals surface area contributed by atoms with Crippen molar-refractivity contribution in [2.24, 2.45) is 5.73 Å². The van der Waals surface area contributed by atoms with E-state index in [4.69, 9.17) is 10.2 Å². The molecule has 0 heterocycles. The van der Waals surface area contributed by atoms with Crippen molar-refractivity contribution in [2.45, 2.75) is 19.1 Å². The van der Waals surface area contributed by atoms with Gasteiger partial charge in [-0.05, 0) is 0 Å². The average Bonchev–Trinajstić information content (AvgIpc) is 1.67. The van der Waals surface area contributed by atoms with E-state index in [1.165, 1.54) is 6.92 Å². The molecule has 8 heavy (non-hydrogen) atoms. The number of carbonyl (C=O) groups excluding carboxylic acids is 1. The van der Waals surface area contributed by atoms with Crippen LogP contribution in [0.15, 0.2) is 0 Å². The van der Waals surface area contributed by atoms with E-state index >= 15 is 0 Å². The Kier molecular flexibility index (Phi) is 1.94. The fraction of sp³-hybridized carbons (Fsp3) is 0.750. The summed E-state index contributed by atoms with van der Waals surface area (Å²) in [4.78, 5) is 9.97. The molecule has 0 aliphatic rings. The summed E-state index contributed by atoms with van der Waals surface area (Å²) in [6.07, 6.45) is -0.0810. The van der Waals surface area contributed by atoms with E-state index in [0.29, 0.717) is 0 Å². The van der Waals surface area contributed by atoms with Crippen molar-refractivity contribution < 1.29 is 15.0 Å². The molecule has 0 aliphatic carbocycles. The van der Waals surface area contributed by atoms with Crippen molar-refractivity contribution in [1.29, 1.82) is 0 Å². The summed E-state index contributed by atoms with van der Waals surface area (Å²) < 4.78 is 0. The van der Waals surface area contributed by atoms with Gasteiger partial charge in [-0.15, -0.1) is 0 Å². The first-order chi connectivity index (χ1) is 3.50. The predicted octanol–water partition coefficient (Wildman–Crippen LogP) is -1.44. The van der Waals surface area contributed by atoms with Crippen LogP contribution < -0.4 is 5.73 Å². The summed E-state index contributed by atoms with van der Waals surface area (Å²) in [6.45, 7) is 1.45. The highest BCUT2D eigenvalue weighted by atomic mass is 16.5. The number of primary amides is 1. The predicted molar refractivity (Wildman–Crippen MR) is 26.7 cm³/mol. The van der Waals surface area contributed by atoms with Crippen molar-refractivity contribution in [3.05, 3.63) is 0 Å². The SMILES string of the molecule is CCC(O)(O)C(N)=O. The van der Waals surface area contributed by atoms with Crippen LogP contribution in [0.1, 0.15) is 13.3 Å². The molecule has 0 atom stereocenters. The Morgan fingerprint density at radius 2 is 2.12 bits per heavy atom. The lowest BCUT2D eigenvalue weighted by Gasteiger charge is -2.13. The van der Waals surface area contributed by atoms with Gasteiger partial charge in [0, 0.05) is 6.42 Å². The second kappa shape index (κ2) is 2.11. The Morgan fingerprint density at radius 3 is 2.12 bits per heavy atom. The lowest BCUT2D eigenvalue weighted by atomic mass is 10.2. The molecule has 0 aliphatic heterocycles. The van der Waals surface area contributed by atoms with Crippen LogP contribution in [0.25, 0.3) is 0 Å². The lowest BCUT2D eigenvalue weighted by molar-refractivity contribution is -0.182. The van der Waals surface area contributed by atoms with Crippen LogP contribution in [0.4, 0.5) is 0 Å². The zero-order valence-corrected chi connectivity index (χ0v) is 4.59. The Bertz CT molecular complexity index is 99.5. The fourth-order valence-electron chi connectivity index (χ4n) is 0.174. The summed E-state index contributed by atoms with van der Waals surface area (Å²) in [7, 11) is 0. The van der Waals surface area contributed by atoms with Crippen LogP contribution in [0.3, 0.4) is 0 Å². The Morgan fingerprint density at radius 1 is 1.75 bits per heavy atom. The van der Waals surface area contributed by atoms with Gasteiger partial charge in [-0.3, -0.25) is 4.79 Å². The van der Waals surface area contributed by atoms with Crippen LogP contribution in [-0.4, -0.2) is 21.9 Å². The van der Waals surface area contributed by atoms with Gasteiger partial charge in [-0.2, -0.15) is 0 Å². The molecule has 0 radical (unpaired) electrons. The monoisotopic (exact) mass is 119 g/mol. The summed E-state index contributed by atoms with van der Waals surface area (Å²) in [5.74, 6) is -3.43. The van der Waals surface area contributed by atoms with E-state index in [9.17, 15) is 4.79 Å². The Balaban J connectivity index is 3.91. The van der Waals surface area contributed by atoms with Gasteiger partial charge < -0.3 is 15.9 Å². The van der Waals surface area contributed by atoms with Crippen molar-refractivity contribution >= 4 is 5.91 Å². The summed E-state index contributed by atoms with van der Waals surface area (Å²) in [5.41, 5.74) is 4.54. The van der Waals surface area contributed by atoms with Crippen LogP contribution in [0, 0.1) is 0 Å². The van der Waals surface area contributed by atoms with Gasteiger partial charge >= 0.3 is 0 Å². The first kappa shape index (κ1) is 7.39. The molecule has 0 saturated heterocycles. The highest BCUT2D eigenvalue weighted by molar-refractivity contribution is 5.80. The highest BCUT2D eigenvalue weighted by Gasteiger charge is 2.27. The summed E-state index contributed by atoms with van der Waals surface area (Å²) in [6, 6.07) is 0. The first-order valence-corrected chi connectivity index (χ1v) is 2.25. The zero-order valence-electron chi connectivity index (χ0n) is 4.59. The molecule has 0 aromatic carbocycles. The van der Waals surface area contributed by atoms with Gasteiger partial charge in [0.05, 0.1) is 0 Å². The van der Waals surface area contributed by atoms with Gasteiger partial charge in [-0.25, -0.2) is 0 Å². The minimum atomic E-state index is -2.32. The van der Waals surface area contributed by atoms with Crippen LogP contribution in [0.5, 0.6) is 0 Å². The molecule has 48 valence electrons. The summed E-state index contributed by atoms with van der Waals surface area (Å²) in [5, 5.41) is 17.0. The molecule has 0 spiro atoms. The zero-order chi connectivity index (χ0) is 6.78. The third-order valence-corrected chi connectivity index (χ3v) is 0.888. The van der Waals surface area contributed by atoms with E-state index in [2.05, 4.69) is 5.73 Å². The maximum absolute atomic E-state index is 9.97. The van der Waals surface area contributed by atoms with Gasteiger partial charge in [0.25, 0.3) is 5.91 Å². The molecule has 4 heteroatoms. The molecule has 0 saturated carbocycles. The average molecular weight is 119 g/mol. The Hall–Kier alpha value is -0.610. The van der Waals surface area contributed by atoms with Crippen molar-refractivity contribution in [1.82, 2.24) is 0 Å². The largest absolute Gasteiger partial charge is 0.365 e. The molecule has 4 N–H and O–H groups in total. The molecule has 0 aromatic rings. The molecule has 4 nitrogen and oxygen atoms in total. The molecule has 0 fully saturated rings. The normalized spacial score (nSPS) is 11.4. The summed E-state index contributed by atoms with van der Waals surface area (Å²) >= 11 is 0. The van der Waals surface area contributed by atoms with Crippen molar-refractivity contribution in [3.63, 3.8) is 0 Å². The topological polar surface area (TPSA) is 83.6 Å². The van der Waals surface area contributed by atoms with E-state index in [1.54, 1.807) is 0 Å². The van der Waals surface area contributed by atoms with Gasteiger partial charge in [-0.1, -0.05) is 6.92 Å². The smallest absolute Gasteiger partial charge is 0.277 e. The van der Waals surface area contributed by atoms with Crippen LogP contribution in [-0.2, 0) is 4.79 Å². The molecule has 0 bridgehead atoms. The van der Waals surface area contributed by atoms with E-state index < -0.39 is 11.7 Å². The van der Waals surface area contributed by atoms with Crippen molar-refractivity contribution in [3.8, 4) is 0 Å². The first-order valence-electron chi connectivity index (χ1n) is 2.25. The van der Waals surface area contributed by atoms with E-state index in [0.717, 1.165) is 0 Å². The number of aliphatic hydroxyl groups is 2. The molecular weight excluding hydrogens is 110 g/mol. The molecule has 1 amide bonds. The van der Waals surface area contributed by atoms with Gasteiger partial charge in [0.1, 0.15) is 0 Å². The molecular formula is C4H9NO3. The van der Waals surface area contributed by atoms with Gasteiger partial charge in [0.15, 0.2) is 0 Å². The second-order valence-electron chi connectivity index (χ2n) is 1.53.